The molecule has 126 valence electrons. The second kappa shape index (κ2) is 7.76. The molecule has 0 atom stereocenters. The number of carbonyl (C=O) groups is 1. The van der Waals surface area contributed by atoms with Gasteiger partial charge in [0.05, 0.1) is 0 Å². The van der Waals surface area contributed by atoms with Crippen LogP contribution in [0.15, 0.2) is 65.3 Å². The predicted octanol–water partition coefficient (Wildman–Crippen LogP) is 4.68. The van der Waals surface area contributed by atoms with E-state index >= 15 is 0 Å². The highest BCUT2D eigenvalue weighted by atomic mass is 79.9. The van der Waals surface area contributed by atoms with Crippen molar-refractivity contribution in [3.63, 3.8) is 0 Å². The summed E-state index contributed by atoms with van der Waals surface area (Å²) in [6.45, 7) is 1.48. The van der Waals surface area contributed by atoms with Crippen LogP contribution in [0.5, 0.6) is 0 Å². The van der Waals surface area contributed by atoms with Gasteiger partial charge in [0.1, 0.15) is 5.82 Å². The van der Waals surface area contributed by atoms with E-state index in [4.69, 9.17) is 0 Å². The molecule has 1 amide bonds. The second-order valence-electron chi connectivity index (χ2n) is 5.28. The Morgan fingerprint density at radius 2 is 1.72 bits per heavy atom. The van der Waals surface area contributed by atoms with Gasteiger partial charge in [0, 0.05) is 34.7 Å². The van der Waals surface area contributed by atoms with E-state index in [-0.39, 0.29) is 5.91 Å². The van der Waals surface area contributed by atoms with Gasteiger partial charge in [-0.15, -0.1) is 0 Å². The van der Waals surface area contributed by atoms with Crippen LogP contribution < -0.4 is 16.0 Å². The number of hydrogen-bond acceptors (Lipinski definition) is 5. The van der Waals surface area contributed by atoms with E-state index in [1.54, 1.807) is 12.3 Å². The number of rotatable bonds is 5. The highest BCUT2D eigenvalue weighted by Crippen LogP contribution is 2.21. The van der Waals surface area contributed by atoms with Crippen LogP contribution in [0.1, 0.15) is 6.92 Å². The molecule has 6 nitrogen and oxygen atoms in total. The summed E-state index contributed by atoms with van der Waals surface area (Å²) < 4.78 is 1.01. The van der Waals surface area contributed by atoms with Crippen molar-refractivity contribution in [1.29, 1.82) is 0 Å². The molecule has 0 radical (unpaired) electrons. The van der Waals surface area contributed by atoms with Crippen molar-refractivity contribution in [3.05, 3.63) is 65.3 Å². The zero-order valence-electron chi connectivity index (χ0n) is 13.5. The summed E-state index contributed by atoms with van der Waals surface area (Å²) in [6.07, 6.45) is 1.67. The third-order valence-electron chi connectivity index (χ3n) is 3.21. The molecule has 25 heavy (non-hydrogen) atoms. The Balaban J connectivity index is 1.73. The lowest BCUT2D eigenvalue weighted by Crippen LogP contribution is -2.06. The Morgan fingerprint density at radius 1 is 0.960 bits per heavy atom. The minimum absolute atomic E-state index is 0.111. The number of amides is 1. The van der Waals surface area contributed by atoms with Crippen LogP contribution in [0.4, 0.5) is 28.8 Å². The van der Waals surface area contributed by atoms with Gasteiger partial charge in [0.2, 0.25) is 11.9 Å². The lowest BCUT2D eigenvalue weighted by Gasteiger charge is -2.10. The number of hydrogen-bond donors (Lipinski definition) is 3. The number of aromatic nitrogens is 2. The molecule has 0 aliphatic carbocycles. The fourth-order valence-electron chi connectivity index (χ4n) is 2.18. The van der Waals surface area contributed by atoms with Crippen molar-refractivity contribution < 1.29 is 4.79 Å². The maximum absolute atomic E-state index is 11.2. The molecule has 0 aliphatic heterocycles. The molecule has 3 aromatic rings. The molecule has 1 heterocycles. The lowest BCUT2D eigenvalue weighted by molar-refractivity contribution is -0.114. The number of benzene rings is 2. The van der Waals surface area contributed by atoms with Gasteiger partial charge in [-0.3, -0.25) is 4.79 Å². The van der Waals surface area contributed by atoms with Gasteiger partial charge in [-0.2, -0.15) is 4.98 Å². The Morgan fingerprint density at radius 3 is 2.48 bits per heavy atom. The van der Waals surface area contributed by atoms with E-state index in [1.807, 2.05) is 48.5 Å². The molecule has 2 aromatic carbocycles. The summed E-state index contributed by atoms with van der Waals surface area (Å²) in [4.78, 5) is 19.8. The Bertz CT molecular complexity index is 883. The standard InChI is InChI=1S/C18H16BrN5O/c1-12(25)21-15-3-2-4-16(11-15)22-17-9-10-20-18(24-17)23-14-7-5-13(19)6-8-14/h2-11H,1H3,(H,21,25)(H2,20,22,23,24). The zero-order valence-corrected chi connectivity index (χ0v) is 15.0. The maximum atomic E-state index is 11.2. The summed E-state index contributed by atoms with van der Waals surface area (Å²) in [7, 11) is 0. The fraction of sp³-hybridized carbons (Fsp3) is 0.0556. The largest absolute Gasteiger partial charge is 0.340 e. The second-order valence-corrected chi connectivity index (χ2v) is 6.20. The van der Waals surface area contributed by atoms with E-state index in [0.717, 1.165) is 21.5 Å². The average Bonchev–Trinajstić information content (AvgIpc) is 2.57. The molecular weight excluding hydrogens is 382 g/mol. The number of carbonyl (C=O) groups excluding carboxylic acids is 1. The minimum Gasteiger partial charge on any atom is -0.340 e. The van der Waals surface area contributed by atoms with Crippen LogP contribution in [-0.4, -0.2) is 15.9 Å². The van der Waals surface area contributed by atoms with Gasteiger partial charge in [0.15, 0.2) is 0 Å². The average molecular weight is 398 g/mol. The molecule has 7 heteroatoms. The van der Waals surface area contributed by atoms with Gasteiger partial charge in [-0.1, -0.05) is 22.0 Å². The third-order valence-corrected chi connectivity index (χ3v) is 3.74. The SMILES string of the molecule is CC(=O)Nc1cccc(Nc2ccnc(Nc3ccc(Br)cc3)n2)c1. The van der Waals surface area contributed by atoms with Crippen molar-refractivity contribution in [3.8, 4) is 0 Å². The summed E-state index contributed by atoms with van der Waals surface area (Å²) in [5.74, 6) is 1.03. The van der Waals surface area contributed by atoms with Crippen LogP contribution in [0, 0.1) is 0 Å². The molecule has 0 bridgehead atoms. The quantitative estimate of drug-likeness (QED) is 0.582. The molecule has 0 fully saturated rings. The summed E-state index contributed by atoms with van der Waals surface area (Å²) in [5, 5.41) is 9.11. The molecule has 0 aliphatic rings. The zero-order chi connectivity index (χ0) is 17.6. The van der Waals surface area contributed by atoms with Crippen LogP contribution in [0.2, 0.25) is 0 Å². The van der Waals surface area contributed by atoms with E-state index in [9.17, 15) is 4.79 Å². The first-order chi connectivity index (χ1) is 12.1. The van der Waals surface area contributed by atoms with E-state index in [1.165, 1.54) is 6.92 Å². The Labute approximate surface area is 153 Å². The summed E-state index contributed by atoms with van der Waals surface area (Å²) in [5.41, 5.74) is 2.44. The van der Waals surface area contributed by atoms with Crippen molar-refractivity contribution in [2.24, 2.45) is 0 Å². The van der Waals surface area contributed by atoms with Crippen LogP contribution in [0.25, 0.3) is 0 Å². The molecule has 3 N–H and O–H groups in total. The van der Waals surface area contributed by atoms with Crippen molar-refractivity contribution in [2.75, 3.05) is 16.0 Å². The lowest BCUT2D eigenvalue weighted by atomic mass is 10.2. The number of halogens is 1. The van der Waals surface area contributed by atoms with E-state index < -0.39 is 0 Å². The van der Waals surface area contributed by atoms with Gasteiger partial charge in [-0.05, 0) is 48.5 Å². The number of nitrogens with one attached hydrogen (secondary N) is 3. The number of nitrogens with zero attached hydrogens (tertiary/aromatic N) is 2. The summed E-state index contributed by atoms with van der Waals surface area (Å²) >= 11 is 3.40. The number of anilines is 5. The van der Waals surface area contributed by atoms with Crippen molar-refractivity contribution >= 4 is 50.7 Å². The van der Waals surface area contributed by atoms with Gasteiger partial charge >= 0.3 is 0 Å². The Kier molecular flexibility index (Phi) is 5.25. The van der Waals surface area contributed by atoms with Gasteiger partial charge < -0.3 is 16.0 Å². The first-order valence-corrected chi connectivity index (χ1v) is 8.38. The molecular formula is C18H16BrN5O. The van der Waals surface area contributed by atoms with Crippen LogP contribution in [-0.2, 0) is 4.79 Å². The first kappa shape index (κ1) is 16.9. The van der Waals surface area contributed by atoms with Crippen molar-refractivity contribution in [1.82, 2.24) is 9.97 Å². The first-order valence-electron chi connectivity index (χ1n) is 7.59. The van der Waals surface area contributed by atoms with Crippen LogP contribution >= 0.6 is 15.9 Å². The summed E-state index contributed by atoms with van der Waals surface area (Å²) in [6, 6.07) is 17.0. The molecule has 1 aromatic heterocycles. The Hall–Kier alpha value is -2.93. The monoisotopic (exact) mass is 397 g/mol. The minimum atomic E-state index is -0.111. The molecule has 0 saturated carbocycles. The molecule has 0 spiro atoms. The molecule has 0 unspecified atom stereocenters. The highest BCUT2D eigenvalue weighted by molar-refractivity contribution is 9.10. The van der Waals surface area contributed by atoms with Crippen LogP contribution in [0.3, 0.4) is 0 Å². The maximum Gasteiger partial charge on any atom is 0.229 e. The predicted molar refractivity (Wildman–Crippen MR) is 103 cm³/mol. The molecule has 3 rings (SSSR count). The van der Waals surface area contributed by atoms with Gasteiger partial charge in [-0.25, -0.2) is 4.98 Å². The molecule has 0 saturated heterocycles. The topological polar surface area (TPSA) is 78.9 Å². The fourth-order valence-corrected chi connectivity index (χ4v) is 2.44. The van der Waals surface area contributed by atoms with Crippen molar-refractivity contribution in [2.45, 2.75) is 6.92 Å². The normalized spacial score (nSPS) is 10.2. The van der Waals surface area contributed by atoms with E-state index in [2.05, 4.69) is 41.8 Å². The highest BCUT2D eigenvalue weighted by Gasteiger charge is 2.03. The smallest absolute Gasteiger partial charge is 0.229 e. The third kappa shape index (κ3) is 5.02. The van der Waals surface area contributed by atoms with Gasteiger partial charge in [0.25, 0.3) is 0 Å². The van der Waals surface area contributed by atoms with E-state index in [0.29, 0.717) is 11.8 Å².